The number of sulfone groups is 1. The fourth-order valence-corrected chi connectivity index (χ4v) is 4.06. The molecule has 2 rings (SSSR count). The summed E-state index contributed by atoms with van der Waals surface area (Å²) in [5.74, 6) is 0.0700. The average molecular weight is 283 g/mol. The van der Waals surface area contributed by atoms with Gasteiger partial charge in [-0.05, 0) is 30.0 Å². The van der Waals surface area contributed by atoms with Gasteiger partial charge in [-0.1, -0.05) is 12.1 Å². The van der Waals surface area contributed by atoms with Gasteiger partial charge in [-0.15, -0.1) is 0 Å². The van der Waals surface area contributed by atoms with Crippen LogP contribution < -0.4 is 5.32 Å². The lowest BCUT2D eigenvalue weighted by Gasteiger charge is -2.09. The number of carbonyl (C=O) groups excluding carboxylic acids is 1. The van der Waals surface area contributed by atoms with Gasteiger partial charge in [-0.3, -0.25) is 4.79 Å². The third-order valence-electron chi connectivity index (χ3n) is 3.22. The van der Waals surface area contributed by atoms with E-state index in [1.165, 1.54) is 0 Å². The smallest absolute Gasteiger partial charge is 0.224 e. The highest BCUT2D eigenvalue weighted by Crippen LogP contribution is 2.22. The lowest BCUT2D eigenvalue weighted by Crippen LogP contribution is -2.17. The Morgan fingerprint density at radius 1 is 1.32 bits per heavy atom. The van der Waals surface area contributed by atoms with Gasteiger partial charge in [0.15, 0.2) is 9.84 Å². The van der Waals surface area contributed by atoms with Crippen molar-refractivity contribution in [3.8, 4) is 0 Å². The molecule has 1 unspecified atom stereocenters. The molecule has 1 heterocycles. The molecule has 0 radical (unpaired) electrons. The molecule has 19 heavy (non-hydrogen) atoms. The predicted molar refractivity (Wildman–Crippen MR) is 72.4 cm³/mol. The summed E-state index contributed by atoms with van der Waals surface area (Å²) in [7, 11) is -2.93. The molecule has 6 heteroatoms. The van der Waals surface area contributed by atoms with E-state index in [0.29, 0.717) is 12.1 Å². The Bertz CT molecular complexity index is 551. The molecule has 2 N–H and O–H groups in total. The van der Waals surface area contributed by atoms with Gasteiger partial charge in [-0.25, -0.2) is 8.42 Å². The second kappa shape index (κ2) is 5.71. The van der Waals surface area contributed by atoms with Crippen molar-refractivity contribution in [2.24, 2.45) is 5.92 Å². The van der Waals surface area contributed by atoms with E-state index in [4.69, 9.17) is 5.11 Å². The lowest BCUT2D eigenvalue weighted by atomic mass is 10.0. The van der Waals surface area contributed by atoms with Crippen LogP contribution >= 0.6 is 0 Å². The summed E-state index contributed by atoms with van der Waals surface area (Å²) in [6.07, 6.45) is 0.806. The zero-order valence-electron chi connectivity index (χ0n) is 10.5. The molecule has 1 aliphatic rings. The van der Waals surface area contributed by atoms with E-state index < -0.39 is 9.84 Å². The topological polar surface area (TPSA) is 83.5 Å². The van der Waals surface area contributed by atoms with E-state index in [-0.39, 0.29) is 36.4 Å². The Morgan fingerprint density at radius 3 is 2.53 bits per heavy atom. The molecule has 1 saturated heterocycles. The number of hydrogen-bond donors (Lipinski definition) is 2. The van der Waals surface area contributed by atoms with Gasteiger partial charge in [0.25, 0.3) is 0 Å². The largest absolute Gasteiger partial charge is 0.392 e. The molecule has 0 aliphatic carbocycles. The zero-order valence-corrected chi connectivity index (χ0v) is 11.3. The van der Waals surface area contributed by atoms with E-state index in [1.54, 1.807) is 24.3 Å². The van der Waals surface area contributed by atoms with E-state index in [0.717, 1.165) is 5.56 Å². The molecule has 1 aromatic rings. The monoisotopic (exact) mass is 283 g/mol. The summed E-state index contributed by atoms with van der Waals surface area (Å²) in [5.41, 5.74) is 1.43. The van der Waals surface area contributed by atoms with Gasteiger partial charge < -0.3 is 10.4 Å². The molecule has 104 valence electrons. The van der Waals surface area contributed by atoms with Gasteiger partial charge in [-0.2, -0.15) is 0 Å². The normalized spacial score (nSPS) is 21.2. The predicted octanol–water partition coefficient (Wildman–Crippen LogP) is 0.942. The molecule has 1 aliphatic heterocycles. The summed E-state index contributed by atoms with van der Waals surface area (Å²) < 4.78 is 22.6. The van der Waals surface area contributed by atoms with Crippen molar-refractivity contribution in [3.05, 3.63) is 29.8 Å². The molecule has 1 amide bonds. The summed E-state index contributed by atoms with van der Waals surface area (Å²) in [6.45, 7) is -0.0336. The van der Waals surface area contributed by atoms with Crippen LogP contribution in [0.1, 0.15) is 18.4 Å². The fraction of sp³-hybridized carbons (Fsp3) is 0.462. The van der Waals surface area contributed by atoms with Gasteiger partial charge >= 0.3 is 0 Å². The highest BCUT2D eigenvalue weighted by atomic mass is 32.2. The molecule has 1 fully saturated rings. The van der Waals surface area contributed by atoms with E-state index in [2.05, 4.69) is 5.32 Å². The number of amides is 1. The highest BCUT2D eigenvalue weighted by Gasteiger charge is 2.29. The first-order valence-corrected chi connectivity index (χ1v) is 8.01. The van der Waals surface area contributed by atoms with E-state index in [1.807, 2.05) is 0 Å². The minimum atomic E-state index is -2.93. The molecule has 0 bridgehead atoms. The minimum Gasteiger partial charge on any atom is -0.392 e. The second-order valence-electron chi connectivity index (χ2n) is 4.88. The molecule has 0 saturated carbocycles. The molecular weight excluding hydrogens is 266 g/mol. The van der Waals surface area contributed by atoms with Gasteiger partial charge in [0.05, 0.1) is 18.1 Å². The Morgan fingerprint density at radius 2 is 2.00 bits per heavy atom. The van der Waals surface area contributed by atoms with Crippen molar-refractivity contribution >= 4 is 21.4 Å². The molecule has 5 nitrogen and oxygen atoms in total. The van der Waals surface area contributed by atoms with Crippen LogP contribution in [0.3, 0.4) is 0 Å². The van der Waals surface area contributed by atoms with Crippen LogP contribution in [0.2, 0.25) is 0 Å². The van der Waals surface area contributed by atoms with Crippen molar-refractivity contribution < 1.29 is 18.3 Å². The maximum Gasteiger partial charge on any atom is 0.224 e. The maximum absolute atomic E-state index is 11.8. The Kier molecular flexibility index (Phi) is 4.21. The number of rotatable bonds is 4. The highest BCUT2D eigenvalue weighted by molar-refractivity contribution is 7.91. The van der Waals surface area contributed by atoms with Crippen LogP contribution in [0.15, 0.2) is 24.3 Å². The maximum atomic E-state index is 11.8. The SMILES string of the molecule is O=C(CC1CCS(=O)(=O)C1)Nc1ccc(CO)cc1. The Hall–Kier alpha value is -1.40. The van der Waals surface area contributed by atoms with Crippen LogP contribution in [0, 0.1) is 5.92 Å². The standard InChI is InChI=1S/C13H17NO4S/c15-8-10-1-3-12(4-2-10)14-13(16)7-11-5-6-19(17,18)9-11/h1-4,11,15H,5-9H2,(H,14,16). The molecule has 0 aromatic heterocycles. The summed E-state index contributed by atoms with van der Waals surface area (Å²) in [6, 6.07) is 6.90. The van der Waals surface area contributed by atoms with Crippen LogP contribution in [0.25, 0.3) is 0 Å². The number of benzene rings is 1. The van der Waals surface area contributed by atoms with Crippen LogP contribution in [-0.4, -0.2) is 30.9 Å². The molecule has 1 aromatic carbocycles. The number of anilines is 1. The van der Waals surface area contributed by atoms with Crippen LogP contribution in [0.5, 0.6) is 0 Å². The van der Waals surface area contributed by atoms with Crippen molar-refractivity contribution in [1.82, 2.24) is 0 Å². The Labute approximate surface area is 112 Å². The number of aliphatic hydroxyl groups excluding tert-OH is 1. The van der Waals surface area contributed by atoms with Gasteiger partial charge in [0.1, 0.15) is 0 Å². The summed E-state index contributed by atoms with van der Waals surface area (Å²) in [5, 5.41) is 11.6. The molecule has 0 spiro atoms. The Balaban J connectivity index is 1.87. The van der Waals surface area contributed by atoms with Crippen molar-refractivity contribution in [2.75, 3.05) is 16.8 Å². The average Bonchev–Trinajstić information content (AvgIpc) is 2.69. The number of nitrogens with one attached hydrogen (secondary N) is 1. The first kappa shape index (κ1) is 14.0. The van der Waals surface area contributed by atoms with Crippen LogP contribution in [-0.2, 0) is 21.2 Å². The number of hydrogen-bond acceptors (Lipinski definition) is 4. The lowest BCUT2D eigenvalue weighted by molar-refractivity contribution is -0.116. The third-order valence-corrected chi connectivity index (χ3v) is 5.06. The van der Waals surface area contributed by atoms with Gasteiger partial charge in [0.2, 0.25) is 5.91 Å². The first-order valence-electron chi connectivity index (χ1n) is 6.18. The quantitative estimate of drug-likeness (QED) is 0.861. The second-order valence-corrected chi connectivity index (χ2v) is 7.11. The van der Waals surface area contributed by atoms with Crippen molar-refractivity contribution in [3.63, 3.8) is 0 Å². The van der Waals surface area contributed by atoms with E-state index >= 15 is 0 Å². The number of carbonyl (C=O) groups is 1. The summed E-state index contributed by atoms with van der Waals surface area (Å²) >= 11 is 0. The summed E-state index contributed by atoms with van der Waals surface area (Å²) in [4.78, 5) is 11.8. The van der Waals surface area contributed by atoms with E-state index in [9.17, 15) is 13.2 Å². The number of aliphatic hydroxyl groups is 1. The zero-order chi connectivity index (χ0) is 13.9. The minimum absolute atomic E-state index is 0.0336. The first-order chi connectivity index (χ1) is 8.98. The van der Waals surface area contributed by atoms with Gasteiger partial charge in [0, 0.05) is 12.1 Å². The fourth-order valence-electron chi connectivity index (χ4n) is 2.20. The third kappa shape index (κ3) is 4.04. The van der Waals surface area contributed by atoms with Crippen LogP contribution in [0.4, 0.5) is 5.69 Å². The van der Waals surface area contributed by atoms with Crippen molar-refractivity contribution in [2.45, 2.75) is 19.4 Å². The molecule has 1 atom stereocenters. The molecular formula is C13H17NO4S. The van der Waals surface area contributed by atoms with Crippen molar-refractivity contribution in [1.29, 1.82) is 0 Å².